The SMILES string of the molecule is CS(=O)CCNC(=O)N1CCC(C(=O)O)CC1. The molecule has 0 bridgehead atoms. The lowest BCUT2D eigenvalue weighted by molar-refractivity contribution is -0.143. The van der Waals surface area contributed by atoms with Crippen LogP contribution in [0, 0.1) is 5.92 Å². The lowest BCUT2D eigenvalue weighted by Crippen LogP contribution is -2.46. The highest BCUT2D eigenvalue weighted by Crippen LogP contribution is 2.16. The summed E-state index contributed by atoms with van der Waals surface area (Å²) in [7, 11) is -0.910. The van der Waals surface area contributed by atoms with E-state index in [1.165, 1.54) is 0 Å². The van der Waals surface area contributed by atoms with E-state index < -0.39 is 16.8 Å². The number of nitrogens with one attached hydrogen (secondary N) is 1. The van der Waals surface area contributed by atoms with Crippen molar-refractivity contribution in [2.24, 2.45) is 5.92 Å². The standard InChI is InChI=1S/C10H18N2O4S/c1-17(16)7-4-11-10(15)12-5-2-8(3-6-12)9(13)14/h8H,2-7H2,1H3,(H,11,15)(H,13,14). The molecule has 98 valence electrons. The van der Waals surface area contributed by atoms with E-state index in [-0.39, 0.29) is 11.9 Å². The highest BCUT2D eigenvalue weighted by atomic mass is 32.2. The third-order valence-electron chi connectivity index (χ3n) is 2.80. The monoisotopic (exact) mass is 262 g/mol. The Kier molecular flexibility index (Phi) is 5.40. The van der Waals surface area contributed by atoms with Gasteiger partial charge in [0.15, 0.2) is 0 Å². The van der Waals surface area contributed by atoms with Gasteiger partial charge in [0.2, 0.25) is 0 Å². The normalized spacial score (nSPS) is 18.8. The summed E-state index contributed by atoms with van der Waals surface area (Å²) in [6.07, 6.45) is 2.59. The number of carbonyl (C=O) groups is 2. The summed E-state index contributed by atoms with van der Waals surface area (Å²) in [6, 6.07) is -0.195. The summed E-state index contributed by atoms with van der Waals surface area (Å²) < 4.78 is 10.8. The van der Waals surface area contributed by atoms with Crippen LogP contribution in [0.4, 0.5) is 4.79 Å². The number of carboxylic acids is 1. The second kappa shape index (κ2) is 6.58. The zero-order valence-electron chi connectivity index (χ0n) is 9.85. The summed E-state index contributed by atoms with van der Waals surface area (Å²) >= 11 is 0. The van der Waals surface area contributed by atoms with Gasteiger partial charge in [0.05, 0.1) is 5.92 Å². The van der Waals surface area contributed by atoms with E-state index >= 15 is 0 Å². The van der Waals surface area contributed by atoms with Crippen molar-refractivity contribution in [3.05, 3.63) is 0 Å². The van der Waals surface area contributed by atoms with Gasteiger partial charge < -0.3 is 15.3 Å². The molecule has 1 heterocycles. The number of piperidine rings is 1. The third-order valence-corrected chi connectivity index (χ3v) is 3.58. The number of carbonyl (C=O) groups excluding carboxylic acids is 1. The molecular formula is C10H18N2O4S. The number of likely N-dealkylation sites (tertiary alicyclic amines) is 1. The van der Waals surface area contributed by atoms with Crippen LogP contribution in [0.3, 0.4) is 0 Å². The zero-order chi connectivity index (χ0) is 12.8. The van der Waals surface area contributed by atoms with Crippen molar-refractivity contribution in [2.75, 3.05) is 31.6 Å². The van der Waals surface area contributed by atoms with Gasteiger partial charge in [0.1, 0.15) is 0 Å². The predicted octanol–water partition coefficient (Wildman–Crippen LogP) is -0.129. The first kappa shape index (κ1) is 14.0. The van der Waals surface area contributed by atoms with Gasteiger partial charge in [-0.25, -0.2) is 4.79 Å². The van der Waals surface area contributed by atoms with Crippen molar-refractivity contribution in [3.63, 3.8) is 0 Å². The van der Waals surface area contributed by atoms with Crippen molar-refractivity contribution in [1.29, 1.82) is 0 Å². The molecule has 0 aromatic heterocycles. The summed E-state index contributed by atoms with van der Waals surface area (Å²) in [5.41, 5.74) is 0. The lowest BCUT2D eigenvalue weighted by Gasteiger charge is -2.30. The van der Waals surface area contributed by atoms with Gasteiger partial charge in [-0.3, -0.25) is 9.00 Å². The molecule has 1 atom stereocenters. The largest absolute Gasteiger partial charge is 0.481 e. The molecule has 17 heavy (non-hydrogen) atoms. The van der Waals surface area contributed by atoms with Gasteiger partial charge in [-0.2, -0.15) is 0 Å². The first-order valence-corrected chi connectivity index (χ1v) is 7.29. The molecule has 1 fully saturated rings. The Bertz CT molecular complexity index is 313. The molecule has 0 aromatic carbocycles. The highest BCUT2D eigenvalue weighted by Gasteiger charge is 2.26. The maximum Gasteiger partial charge on any atom is 0.317 e. The first-order valence-electron chi connectivity index (χ1n) is 5.56. The molecule has 0 saturated carbocycles. The van der Waals surface area contributed by atoms with E-state index in [2.05, 4.69) is 5.32 Å². The molecule has 2 amide bonds. The average Bonchev–Trinajstić information content (AvgIpc) is 2.28. The Morgan fingerprint density at radius 3 is 2.47 bits per heavy atom. The number of nitrogens with zero attached hydrogens (tertiary/aromatic N) is 1. The van der Waals surface area contributed by atoms with Crippen molar-refractivity contribution >= 4 is 22.8 Å². The van der Waals surface area contributed by atoms with Gasteiger partial charge in [-0.05, 0) is 12.8 Å². The van der Waals surface area contributed by atoms with E-state index in [0.717, 1.165) is 0 Å². The smallest absolute Gasteiger partial charge is 0.317 e. The van der Waals surface area contributed by atoms with Crippen LogP contribution in [0.25, 0.3) is 0 Å². The van der Waals surface area contributed by atoms with Crippen molar-refractivity contribution in [2.45, 2.75) is 12.8 Å². The molecular weight excluding hydrogens is 244 g/mol. The van der Waals surface area contributed by atoms with E-state index in [1.807, 2.05) is 0 Å². The van der Waals surface area contributed by atoms with Crippen LogP contribution in [-0.2, 0) is 15.6 Å². The number of aliphatic carboxylic acids is 1. The molecule has 0 aliphatic carbocycles. The minimum Gasteiger partial charge on any atom is -0.481 e. The average molecular weight is 262 g/mol. The van der Waals surface area contributed by atoms with Crippen molar-refractivity contribution in [3.8, 4) is 0 Å². The topological polar surface area (TPSA) is 86.7 Å². The van der Waals surface area contributed by atoms with E-state index in [4.69, 9.17) is 5.11 Å². The second-order valence-electron chi connectivity index (χ2n) is 4.11. The number of amides is 2. The predicted molar refractivity (Wildman–Crippen MR) is 64.3 cm³/mol. The molecule has 1 aliphatic heterocycles. The van der Waals surface area contributed by atoms with Gasteiger partial charge in [-0.1, -0.05) is 0 Å². The number of rotatable bonds is 4. The lowest BCUT2D eigenvalue weighted by atomic mass is 9.97. The van der Waals surface area contributed by atoms with Crippen LogP contribution in [0.15, 0.2) is 0 Å². The van der Waals surface area contributed by atoms with Gasteiger partial charge >= 0.3 is 12.0 Å². The molecule has 6 nitrogen and oxygen atoms in total. The molecule has 1 aliphatic rings. The Labute approximate surface area is 103 Å². The Hall–Kier alpha value is -1.11. The number of hydrogen-bond donors (Lipinski definition) is 2. The Balaban J connectivity index is 2.26. The van der Waals surface area contributed by atoms with Gasteiger partial charge in [0, 0.05) is 42.4 Å². The second-order valence-corrected chi connectivity index (χ2v) is 5.66. The third kappa shape index (κ3) is 4.72. The fourth-order valence-corrected chi connectivity index (χ4v) is 2.13. The molecule has 1 saturated heterocycles. The summed E-state index contributed by atoms with van der Waals surface area (Å²) in [6.45, 7) is 1.33. The van der Waals surface area contributed by atoms with Crippen LogP contribution in [0.5, 0.6) is 0 Å². The summed E-state index contributed by atoms with van der Waals surface area (Å²) in [4.78, 5) is 24.0. The van der Waals surface area contributed by atoms with Gasteiger partial charge in [0.25, 0.3) is 0 Å². The minimum absolute atomic E-state index is 0.195. The molecule has 0 spiro atoms. The summed E-state index contributed by atoms with van der Waals surface area (Å²) in [5, 5.41) is 11.5. The Morgan fingerprint density at radius 1 is 1.41 bits per heavy atom. The number of hydrogen-bond acceptors (Lipinski definition) is 3. The summed E-state index contributed by atoms with van der Waals surface area (Å²) in [5.74, 6) is -0.675. The zero-order valence-corrected chi connectivity index (χ0v) is 10.7. The van der Waals surface area contributed by atoms with Crippen LogP contribution in [0.1, 0.15) is 12.8 Å². The molecule has 1 rings (SSSR count). The van der Waals surface area contributed by atoms with E-state index in [9.17, 15) is 13.8 Å². The van der Waals surface area contributed by atoms with Crippen LogP contribution < -0.4 is 5.32 Å². The number of urea groups is 1. The van der Waals surface area contributed by atoms with E-state index in [0.29, 0.717) is 38.2 Å². The maximum atomic E-state index is 11.6. The molecule has 7 heteroatoms. The van der Waals surface area contributed by atoms with E-state index in [1.54, 1.807) is 11.2 Å². The van der Waals surface area contributed by atoms with Crippen molar-refractivity contribution < 1.29 is 18.9 Å². The number of carboxylic acid groups (broad SMARTS) is 1. The van der Waals surface area contributed by atoms with Crippen LogP contribution >= 0.6 is 0 Å². The Morgan fingerprint density at radius 2 is 2.00 bits per heavy atom. The van der Waals surface area contributed by atoms with Crippen molar-refractivity contribution in [1.82, 2.24) is 10.2 Å². The first-order chi connectivity index (χ1) is 8.00. The fraction of sp³-hybridized carbons (Fsp3) is 0.800. The fourth-order valence-electron chi connectivity index (χ4n) is 1.74. The quantitative estimate of drug-likeness (QED) is 0.739. The van der Waals surface area contributed by atoms with Crippen LogP contribution in [0.2, 0.25) is 0 Å². The highest BCUT2D eigenvalue weighted by molar-refractivity contribution is 7.84. The minimum atomic E-state index is -0.910. The molecule has 2 N–H and O–H groups in total. The van der Waals surface area contributed by atoms with Gasteiger partial charge in [-0.15, -0.1) is 0 Å². The molecule has 1 unspecified atom stereocenters. The molecule has 0 aromatic rings. The maximum absolute atomic E-state index is 11.6. The van der Waals surface area contributed by atoms with Crippen LogP contribution in [-0.4, -0.2) is 57.9 Å². The molecule has 0 radical (unpaired) electrons.